The van der Waals surface area contributed by atoms with Crippen LogP contribution in [0.5, 0.6) is 0 Å². The van der Waals surface area contributed by atoms with Crippen LogP contribution < -0.4 is 18.6 Å². The molecular weight excluding hydrogens is 346 g/mol. The second kappa shape index (κ2) is 7.70. The molecule has 0 aliphatic carbocycles. The van der Waals surface area contributed by atoms with Gasteiger partial charge in [0.2, 0.25) is 0 Å². The zero-order valence-electron chi connectivity index (χ0n) is 11.0. The van der Waals surface area contributed by atoms with Gasteiger partial charge in [-0.25, -0.2) is 18.6 Å². The van der Waals surface area contributed by atoms with Crippen LogP contribution in [0, 0.1) is 10.2 Å². The molecule has 0 aliphatic rings. The Labute approximate surface area is 136 Å². The van der Waals surface area contributed by atoms with E-state index in [1.165, 1.54) is 11.1 Å². The third-order valence-electron chi connectivity index (χ3n) is 2.44. The maximum atomic E-state index is 8.49. The standard InChI is InChI=1S/C14H10NS2.ClHO4/c1-3-7-11(8-4-1)13-15-14(17-16-13)12-9-5-2-6-10-12;2-1(3,4)5/h1-10H;(H,2,3,4,5)/q+1;/p-1. The predicted molar refractivity (Wildman–Crippen MR) is 75.3 cm³/mol. The molecule has 0 fully saturated rings. The van der Waals surface area contributed by atoms with Gasteiger partial charge in [-0.15, -0.1) is 10.2 Å². The summed E-state index contributed by atoms with van der Waals surface area (Å²) in [4.78, 5) is 4.69. The van der Waals surface area contributed by atoms with Crippen LogP contribution in [0.2, 0.25) is 0 Å². The quantitative estimate of drug-likeness (QED) is 0.477. The van der Waals surface area contributed by atoms with E-state index >= 15 is 0 Å². The molecule has 0 radical (unpaired) electrons. The number of halogens is 1. The minimum absolute atomic E-state index is 1.09. The van der Waals surface area contributed by atoms with E-state index < -0.39 is 10.2 Å². The topological polar surface area (TPSA) is 105 Å². The molecule has 0 aliphatic heterocycles. The molecule has 3 rings (SSSR count). The monoisotopic (exact) mass is 355 g/mol. The van der Waals surface area contributed by atoms with Gasteiger partial charge in [0.1, 0.15) is 0 Å². The lowest BCUT2D eigenvalue weighted by Crippen LogP contribution is -2.68. The van der Waals surface area contributed by atoms with E-state index in [1.807, 2.05) is 36.4 Å². The second-order valence-electron chi connectivity index (χ2n) is 4.00. The third kappa shape index (κ3) is 5.74. The van der Waals surface area contributed by atoms with Gasteiger partial charge in [0.15, 0.2) is 15.3 Å². The minimum atomic E-state index is -4.94. The van der Waals surface area contributed by atoms with Crippen molar-refractivity contribution in [1.82, 2.24) is 4.98 Å². The Bertz CT molecular complexity index is 642. The number of aromatic nitrogens is 1. The first kappa shape index (κ1) is 16.9. The largest absolute Gasteiger partial charge is 0.348 e. The number of hydrogen-bond donors (Lipinski definition) is 0. The summed E-state index contributed by atoms with van der Waals surface area (Å²) in [7, 11) is -1.49. The van der Waals surface area contributed by atoms with Gasteiger partial charge in [-0.1, -0.05) is 48.5 Å². The van der Waals surface area contributed by atoms with Crippen LogP contribution >= 0.6 is 20.7 Å². The van der Waals surface area contributed by atoms with E-state index in [4.69, 9.17) is 18.6 Å². The highest BCUT2D eigenvalue weighted by Gasteiger charge is 2.18. The molecule has 0 N–H and O–H groups in total. The minimum Gasteiger partial charge on any atom is -0.222 e. The Hall–Kier alpha value is -1.45. The van der Waals surface area contributed by atoms with Crippen LogP contribution in [0.1, 0.15) is 0 Å². The van der Waals surface area contributed by atoms with Crippen molar-refractivity contribution in [1.29, 1.82) is 0 Å². The Morgan fingerprint density at radius 1 is 0.773 bits per heavy atom. The lowest BCUT2D eigenvalue weighted by atomic mass is 10.2. The van der Waals surface area contributed by atoms with Crippen LogP contribution in [0.3, 0.4) is 0 Å². The lowest BCUT2D eigenvalue weighted by Gasteiger charge is -2.17. The Morgan fingerprint density at radius 3 is 1.73 bits per heavy atom. The number of rotatable bonds is 2. The normalized spacial score (nSPS) is 10.7. The molecule has 1 aromatic heterocycles. The van der Waals surface area contributed by atoms with Crippen LogP contribution in [-0.4, -0.2) is 4.98 Å². The molecule has 0 bridgehead atoms. The van der Waals surface area contributed by atoms with E-state index in [9.17, 15) is 0 Å². The van der Waals surface area contributed by atoms with E-state index in [0.717, 1.165) is 10.0 Å². The van der Waals surface area contributed by atoms with Crippen molar-refractivity contribution in [2.24, 2.45) is 0 Å². The molecule has 0 unspecified atom stereocenters. The summed E-state index contributed by atoms with van der Waals surface area (Å²) in [5, 5.41) is 2.18. The first-order valence-electron chi connectivity index (χ1n) is 5.96. The highest BCUT2D eigenvalue weighted by atomic mass is 35.7. The lowest BCUT2D eigenvalue weighted by molar-refractivity contribution is -2.00. The van der Waals surface area contributed by atoms with Gasteiger partial charge in [-0.3, -0.25) is 0 Å². The Morgan fingerprint density at radius 2 is 1.23 bits per heavy atom. The van der Waals surface area contributed by atoms with E-state index in [1.54, 1.807) is 20.7 Å². The fraction of sp³-hybridized carbons (Fsp3) is 0. The second-order valence-corrected chi connectivity index (χ2v) is 6.86. The van der Waals surface area contributed by atoms with E-state index in [-0.39, 0.29) is 0 Å². The molecule has 22 heavy (non-hydrogen) atoms. The average Bonchev–Trinajstić information content (AvgIpc) is 2.97. The van der Waals surface area contributed by atoms with Crippen molar-refractivity contribution < 1.29 is 28.9 Å². The van der Waals surface area contributed by atoms with Gasteiger partial charge in [0, 0.05) is 5.56 Å². The van der Waals surface area contributed by atoms with Gasteiger partial charge >= 0.3 is 15.3 Å². The van der Waals surface area contributed by atoms with Gasteiger partial charge < -0.3 is 0 Å². The van der Waals surface area contributed by atoms with Gasteiger partial charge in [-0.2, -0.15) is 4.98 Å². The highest BCUT2D eigenvalue weighted by Crippen LogP contribution is 2.33. The van der Waals surface area contributed by atoms with E-state index in [0.29, 0.717) is 0 Å². The smallest absolute Gasteiger partial charge is 0.222 e. The van der Waals surface area contributed by atoms with Crippen molar-refractivity contribution >= 4 is 20.7 Å². The summed E-state index contributed by atoms with van der Waals surface area (Å²) in [6, 6.07) is 20.6. The summed E-state index contributed by atoms with van der Waals surface area (Å²) < 4.78 is 34.0. The molecule has 8 heteroatoms. The van der Waals surface area contributed by atoms with Gasteiger partial charge in [0.25, 0.3) is 0 Å². The van der Waals surface area contributed by atoms with Crippen LogP contribution in [0.25, 0.3) is 21.1 Å². The van der Waals surface area contributed by atoms with Crippen LogP contribution in [0.4, 0.5) is 0 Å². The van der Waals surface area contributed by atoms with Crippen molar-refractivity contribution in [2.45, 2.75) is 0 Å². The molecule has 0 amide bonds. The zero-order chi connectivity index (χ0) is 16.0. The number of benzene rings is 2. The first-order valence-corrected chi connectivity index (χ1v) is 9.34. The molecule has 3 aromatic rings. The summed E-state index contributed by atoms with van der Waals surface area (Å²) in [6.07, 6.45) is 0. The van der Waals surface area contributed by atoms with E-state index in [2.05, 4.69) is 29.2 Å². The molecule has 1 heterocycles. The summed E-state index contributed by atoms with van der Waals surface area (Å²) in [5.74, 6) is 0. The molecule has 0 saturated carbocycles. The SMILES string of the molecule is [O-][Cl+3]([O-])([O-])[O-].c1ccc(-c2nc(-c3ccccc3)[s+]s2)cc1. The fourth-order valence-electron chi connectivity index (χ4n) is 1.60. The Kier molecular flexibility index (Phi) is 5.92. The maximum Gasteiger partial charge on any atom is 0.348 e. The van der Waals surface area contributed by atoms with Crippen LogP contribution in [-0.2, 0) is 0 Å². The number of hydrogen-bond acceptors (Lipinski definition) is 6. The molecule has 0 atom stereocenters. The average molecular weight is 356 g/mol. The third-order valence-corrected chi connectivity index (χ3v) is 4.69. The maximum absolute atomic E-state index is 8.49. The van der Waals surface area contributed by atoms with Gasteiger partial charge in [-0.05, 0) is 12.1 Å². The molecule has 5 nitrogen and oxygen atoms in total. The Balaban J connectivity index is 0.000000309. The highest BCUT2D eigenvalue weighted by molar-refractivity contribution is 7.71. The summed E-state index contributed by atoms with van der Waals surface area (Å²) >= 11 is 0. The first-order chi connectivity index (χ1) is 10.4. The van der Waals surface area contributed by atoms with Crippen molar-refractivity contribution in [3.63, 3.8) is 0 Å². The molecule has 2 aromatic carbocycles. The van der Waals surface area contributed by atoms with Gasteiger partial charge in [0.05, 0.1) is 5.56 Å². The number of nitrogens with zero attached hydrogens (tertiary/aromatic N) is 1. The summed E-state index contributed by atoms with van der Waals surface area (Å²) in [5.41, 5.74) is 2.38. The van der Waals surface area contributed by atoms with Crippen molar-refractivity contribution in [3.8, 4) is 21.1 Å². The molecule has 0 saturated heterocycles. The van der Waals surface area contributed by atoms with Crippen molar-refractivity contribution in [2.75, 3.05) is 0 Å². The fourth-order valence-corrected chi connectivity index (χ4v) is 3.81. The molecule has 0 spiro atoms. The molecular formula is C14H10ClNO4S2. The molecule has 114 valence electrons. The zero-order valence-corrected chi connectivity index (χ0v) is 13.4. The van der Waals surface area contributed by atoms with Crippen LogP contribution in [0.15, 0.2) is 60.7 Å². The van der Waals surface area contributed by atoms with Crippen molar-refractivity contribution in [3.05, 3.63) is 60.7 Å². The summed E-state index contributed by atoms with van der Waals surface area (Å²) in [6.45, 7) is 0. The predicted octanol–water partition coefficient (Wildman–Crippen LogP) is 0.0637.